The molecule has 0 aliphatic carbocycles. The van der Waals surface area contributed by atoms with Crippen LogP contribution >= 0.6 is 11.6 Å². The number of aromatic nitrogens is 3. The predicted octanol–water partition coefficient (Wildman–Crippen LogP) is 1.18. The molecule has 0 saturated carbocycles. The fourth-order valence-corrected chi connectivity index (χ4v) is 2.91. The second kappa shape index (κ2) is 6.33. The van der Waals surface area contributed by atoms with Gasteiger partial charge in [0.25, 0.3) is 10.1 Å². The van der Waals surface area contributed by atoms with E-state index in [4.69, 9.17) is 15.8 Å². The van der Waals surface area contributed by atoms with Crippen LogP contribution in [0.25, 0.3) is 0 Å². The first-order chi connectivity index (χ1) is 10.2. The van der Waals surface area contributed by atoms with Crippen molar-refractivity contribution in [2.75, 3.05) is 6.26 Å². The summed E-state index contributed by atoms with van der Waals surface area (Å²) in [6.07, 6.45) is 2.65. The van der Waals surface area contributed by atoms with E-state index in [9.17, 15) is 13.5 Å². The van der Waals surface area contributed by atoms with Crippen LogP contribution in [0.15, 0.2) is 36.9 Å². The summed E-state index contributed by atoms with van der Waals surface area (Å²) in [5, 5.41) is 15.5. The lowest BCUT2D eigenvalue weighted by atomic mass is 9.89. The Morgan fingerprint density at radius 1 is 1.41 bits per heavy atom. The van der Waals surface area contributed by atoms with Gasteiger partial charge in [-0.25, -0.2) is 9.67 Å². The summed E-state index contributed by atoms with van der Waals surface area (Å²) in [7, 11) is -3.73. The van der Waals surface area contributed by atoms with Crippen LogP contribution < -0.4 is 0 Å². The van der Waals surface area contributed by atoms with E-state index in [1.807, 2.05) is 0 Å². The number of halogens is 1. The van der Waals surface area contributed by atoms with Gasteiger partial charge < -0.3 is 5.11 Å². The second-order valence-corrected chi connectivity index (χ2v) is 7.00. The molecule has 1 aromatic carbocycles. The third-order valence-corrected chi connectivity index (χ3v) is 4.10. The molecule has 1 heterocycles. The van der Waals surface area contributed by atoms with Crippen molar-refractivity contribution in [3.8, 4) is 0 Å². The second-order valence-electron chi connectivity index (χ2n) is 4.97. The zero-order chi connectivity index (χ0) is 16.4. The van der Waals surface area contributed by atoms with E-state index in [0.717, 1.165) is 6.26 Å². The molecule has 0 aliphatic heterocycles. The maximum atomic E-state index is 11.4. The number of hydrogen-bond donors (Lipinski definition) is 1. The first-order valence-electron chi connectivity index (χ1n) is 6.40. The van der Waals surface area contributed by atoms with Crippen LogP contribution in [0.4, 0.5) is 0 Å². The summed E-state index contributed by atoms with van der Waals surface area (Å²) in [6.45, 7) is 1.46. The van der Waals surface area contributed by atoms with Gasteiger partial charge in [-0.2, -0.15) is 13.5 Å². The molecule has 1 N–H and O–H groups in total. The van der Waals surface area contributed by atoms with Crippen LogP contribution in [0.1, 0.15) is 12.5 Å². The number of aliphatic hydroxyl groups is 1. The van der Waals surface area contributed by atoms with Crippen molar-refractivity contribution in [2.45, 2.75) is 25.2 Å². The molecule has 0 amide bonds. The highest BCUT2D eigenvalue weighted by Crippen LogP contribution is 2.30. The van der Waals surface area contributed by atoms with Crippen LogP contribution in [0.3, 0.4) is 0 Å². The Hall–Kier alpha value is -1.48. The molecule has 2 atom stereocenters. The molecule has 0 aliphatic rings. The van der Waals surface area contributed by atoms with Crippen LogP contribution in [0, 0.1) is 0 Å². The lowest BCUT2D eigenvalue weighted by molar-refractivity contribution is -0.0711. The lowest BCUT2D eigenvalue weighted by Gasteiger charge is -2.33. The Kier molecular flexibility index (Phi) is 4.86. The van der Waals surface area contributed by atoms with Crippen LogP contribution in [-0.4, -0.2) is 40.6 Å². The summed E-state index contributed by atoms with van der Waals surface area (Å²) in [5.41, 5.74) is -1.16. The molecule has 0 fully saturated rings. The molecule has 0 bridgehead atoms. The smallest absolute Gasteiger partial charge is 0.264 e. The Morgan fingerprint density at radius 2 is 2.05 bits per heavy atom. The fraction of sp³-hybridized carbons (Fsp3) is 0.385. The van der Waals surface area contributed by atoms with Gasteiger partial charge in [0.2, 0.25) is 0 Å². The summed E-state index contributed by atoms with van der Waals surface area (Å²) >= 11 is 5.85. The van der Waals surface area contributed by atoms with Crippen molar-refractivity contribution in [2.24, 2.45) is 0 Å². The summed E-state index contributed by atoms with van der Waals surface area (Å²) in [5.74, 6) is 0. The molecule has 2 unspecified atom stereocenters. The van der Waals surface area contributed by atoms with Gasteiger partial charge in [-0.3, -0.25) is 4.18 Å². The van der Waals surface area contributed by atoms with E-state index < -0.39 is 21.8 Å². The molecule has 9 heteroatoms. The minimum Gasteiger partial charge on any atom is -0.380 e. The normalized spacial score (nSPS) is 16.2. The van der Waals surface area contributed by atoms with Crippen LogP contribution in [-0.2, 0) is 26.4 Å². The first kappa shape index (κ1) is 16.9. The third-order valence-electron chi connectivity index (χ3n) is 3.21. The standard InChI is InChI=1S/C13H16ClN3O4S/c1-10(21-22(2,19)20)13(18,7-17-9-15-8-16-17)11-3-5-12(14)6-4-11/h3-6,8-10,18H,7H2,1-2H3. The average Bonchev–Trinajstić information content (AvgIpc) is 2.90. The Bertz CT molecular complexity index is 718. The third kappa shape index (κ3) is 4.04. The van der Waals surface area contributed by atoms with Crippen molar-refractivity contribution >= 4 is 21.7 Å². The monoisotopic (exact) mass is 345 g/mol. The molecular weight excluding hydrogens is 330 g/mol. The van der Waals surface area contributed by atoms with E-state index in [1.165, 1.54) is 24.3 Å². The van der Waals surface area contributed by atoms with Crippen molar-refractivity contribution in [1.82, 2.24) is 14.8 Å². The number of nitrogens with zero attached hydrogens (tertiary/aromatic N) is 3. The molecule has 0 saturated heterocycles. The average molecular weight is 346 g/mol. The highest BCUT2D eigenvalue weighted by molar-refractivity contribution is 7.86. The molecule has 0 spiro atoms. The summed E-state index contributed by atoms with van der Waals surface area (Å²) < 4.78 is 29.1. The number of hydrogen-bond acceptors (Lipinski definition) is 6. The largest absolute Gasteiger partial charge is 0.380 e. The van der Waals surface area contributed by atoms with E-state index in [-0.39, 0.29) is 6.54 Å². The highest BCUT2D eigenvalue weighted by Gasteiger charge is 2.39. The van der Waals surface area contributed by atoms with Crippen LogP contribution in [0.5, 0.6) is 0 Å². The molecule has 22 heavy (non-hydrogen) atoms. The molecule has 2 rings (SSSR count). The van der Waals surface area contributed by atoms with Gasteiger partial charge in [-0.15, -0.1) is 0 Å². The molecule has 120 valence electrons. The van der Waals surface area contributed by atoms with Gasteiger partial charge in [-0.1, -0.05) is 23.7 Å². The van der Waals surface area contributed by atoms with Crippen LogP contribution in [0.2, 0.25) is 5.02 Å². The van der Waals surface area contributed by atoms with Crippen molar-refractivity contribution in [3.05, 3.63) is 47.5 Å². The van der Waals surface area contributed by atoms with Gasteiger partial charge in [0.15, 0.2) is 0 Å². The summed E-state index contributed by atoms with van der Waals surface area (Å²) in [6, 6.07) is 6.44. The van der Waals surface area contributed by atoms with Gasteiger partial charge in [0, 0.05) is 5.02 Å². The topological polar surface area (TPSA) is 94.3 Å². The quantitative estimate of drug-likeness (QED) is 0.790. The van der Waals surface area contributed by atoms with Gasteiger partial charge in [0.1, 0.15) is 24.4 Å². The molecule has 1 aromatic heterocycles. The minimum absolute atomic E-state index is 0.0225. The van der Waals surface area contributed by atoms with E-state index in [1.54, 1.807) is 24.3 Å². The van der Waals surface area contributed by atoms with Gasteiger partial charge >= 0.3 is 0 Å². The molecule has 0 radical (unpaired) electrons. The van der Waals surface area contributed by atoms with Crippen molar-refractivity contribution < 1.29 is 17.7 Å². The minimum atomic E-state index is -3.73. The molecule has 2 aromatic rings. The number of benzene rings is 1. The molecular formula is C13H16ClN3O4S. The fourth-order valence-electron chi connectivity index (χ4n) is 2.10. The number of rotatable bonds is 6. The van der Waals surface area contributed by atoms with E-state index in [2.05, 4.69) is 10.1 Å². The SMILES string of the molecule is CC(OS(C)(=O)=O)C(O)(Cn1cncn1)c1ccc(Cl)cc1. The van der Waals surface area contributed by atoms with Crippen molar-refractivity contribution in [3.63, 3.8) is 0 Å². The summed E-state index contributed by atoms with van der Waals surface area (Å²) in [4.78, 5) is 3.81. The van der Waals surface area contributed by atoms with E-state index in [0.29, 0.717) is 10.6 Å². The zero-order valence-corrected chi connectivity index (χ0v) is 13.6. The maximum Gasteiger partial charge on any atom is 0.264 e. The highest BCUT2D eigenvalue weighted by atomic mass is 35.5. The zero-order valence-electron chi connectivity index (χ0n) is 12.0. The lowest BCUT2D eigenvalue weighted by Crippen LogP contribution is -2.44. The van der Waals surface area contributed by atoms with Gasteiger partial charge in [-0.05, 0) is 24.6 Å². The first-order valence-corrected chi connectivity index (χ1v) is 8.59. The molecule has 7 nitrogen and oxygen atoms in total. The van der Waals surface area contributed by atoms with Crippen molar-refractivity contribution in [1.29, 1.82) is 0 Å². The predicted molar refractivity (Wildman–Crippen MR) is 80.8 cm³/mol. The van der Waals surface area contributed by atoms with E-state index >= 15 is 0 Å². The maximum absolute atomic E-state index is 11.4. The Morgan fingerprint density at radius 3 is 2.55 bits per heavy atom. The Balaban J connectivity index is 2.40. The Labute approximate surface area is 133 Å². The van der Waals surface area contributed by atoms with Gasteiger partial charge in [0.05, 0.1) is 12.8 Å².